The molecule has 0 aromatic carbocycles. The third kappa shape index (κ3) is 2.51. The van der Waals surface area contributed by atoms with Crippen molar-refractivity contribution in [2.24, 2.45) is 5.41 Å². The van der Waals surface area contributed by atoms with E-state index in [1.54, 1.807) is 0 Å². The van der Waals surface area contributed by atoms with E-state index >= 15 is 0 Å². The molecule has 0 aliphatic heterocycles. The molecule has 1 aromatic heterocycles. The maximum atomic E-state index is 11.7. The number of esters is 1. The Balaban J connectivity index is 2.24. The van der Waals surface area contributed by atoms with Crippen LogP contribution in [-0.4, -0.2) is 19.6 Å². The number of carbonyl (C=O) groups excluding carboxylic acids is 1. The molecule has 0 saturated heterocycles. The lowest BCUT2D eigenvalue weighted by molar-refractivity contribution is 0.0603. The number of methoxy groups -OCH3 is 1. The second-order valence-corrected chi connectivity index (χ2v) is 5.88. The van der Waals surface area contributed by atoms with E-state index in [2.05, 4.69) is 12.2 Å². The Kier molecular flexibility index (Phi) is 3.67. The fourth-order valence-corrected chi connectivity index (χ4v) is 2.96. The SMILES string of the molecule is CCC1(CNc2sc(C#N)c(N)c2C(=O)OC)CC1. The lowest BCUT2D eigenvalue weighted by atomic mass is 10.0. The van der Waals surface area contributed by atoms with Gasteiger partial charge in [-0.2, -0.15) is 5.26 Å². The molecule has 2 rings (SSSR count). The van der Waals surface area contributed by atoms with E-state index in [4.69, 9.17) is 15.7 Å². The van der Waals surface area contributed by atoms with E-state index in [0.717, 1.165) is 13.0 Å². The quantitative estimate of drug-likeness (QED) is 0.809. The number of nitrogen functional groups attached to an aromatic ring is 1. The summed E-state index contributed by atoms with van der Waals surface area (Å²) < 4.78 is 4.73. The van der Waals surface area contributed by atoms with Gasteiger partial charge in [0.25, 0.3) is 0 Å². The van der Waals surface area contributed by atoms with Crippen LogP contribution in [0.2, 0.25) is 0 Å². The predicted octanol–water partition coefficient (Wildman–Crippen LogP) is 2.59. The zero-order valence-corrected chi connectivity index (χ0v) is 11.9. The molecule has 1 aliphatic carbocycles. The van der Waals surface area contributed by atoms with Gasteiger partial charge in [0.1, 0.15) is 21.5 Å². The summed E-state index contributed by atoms with van der Waals surface area (Å²) in [5, 5.41) is 12.9. The monoisotopic (exact) mass is 279 g/mol. The van der Waals surface area contributed by atoms with Crippen molar-refractivity contribution in [1.82, 2.24) is 0 Å². The molecule has 6 heteroatoms. The molecule has 5 nitrogen and oxygen atoms in total. The third-order valence-corrected chi connectivity index (χ3v) is 4.84. The van der Waals surface area contributed by atoms with E-state index in [-0.39, 0.29) is 11.3 Å². The standard InChI is InChI=1S/C13H17N3O2S/c1-3-13(4-5-13)7-16-11-9(12(17)18-2)10(15)8(6-14)19-11/h16H,3-5,7,15H2,1-2H3. The van der Waals surface area contributed by atoms with Gasteiger partial charge in [0, 0.05) is 6.54 Å². The lowest BCUT2D eigenvalue weighted by Crippen LogP contribution is -2.16. The van der Waals surface area contributed by atoms with Crippen molar-refractivity contribution < 1.29 is 9.53 Å². The highest BCUT2D eigenvalue weighted by Gasteiger charge is 2.40. The molecule has 0 spiro atoms. The van der Waals surface area contributed by atoms with E-state index in [1.807, 2.05) is 6.07 Å². The molecular weight excluding hydrogens is 262 g/mol. The maximum Gasteiger partial charge on any atom is 0.343 e. The predicted molar refractivity (Wildman–Crippen MR) is 75.2 cm³/mol. The van der Waals surface area contributed by atoms with E-state index in [0.29, 0.717) is 15.3 Å². The second-order valence-electron chi connectivity index (χ2n) is 4.86. The van der Waals surface area contributed by atoms with Gasteiger partial charge < -0.3 is 15.8 Å². The number of nitrogens with two attached hydrogens (primary N) is 1. The van der Waals surface area contributed by atoms with Gasteiger partial charge in [-0.05, 0) is 24.7 Å². The van der Waals surface area contributed by atoms with Crippen LogP contribution in [0.3, 0.4) is 0 Å². The number of thiophene rings is 1. The molecule has 1 fully saturated rings. The average molecular weight is 279 g/mol. The van der Waals surface area contributed by atoms with Crippen LogP contribution in [0.4, 0.5) is 10.7 Å². The first-order chi connectivity index (χ1) is 9.06. The highest BCUT2D eigenvalue weighted by Crippen LogP contribution is 2.49. The minimum Gasteiger partial charge on any atom is -0.465 e. The van der Waals surface area contributed by atoms with Crippen LogP contribution in [0.25, 0.3) is 0 Å². The number of hydrogen-bond acceptors (Lipinski definition) is 6. The van der Waals surface area contributed by atoms with Crippen molar-refractivity contribution >= 4 is 28.0 Å². The summed E-state index contributed by atoms with van der Waals surface area (Å²) in [5.74, 6) is -0.501. The van der Waals surface area contributed by atoms with E-state index in [9.17, 15) is 4.79 Å². The number of nitrogens with zero attached hydrogens (tertiary/aromatic N) is 1. The zero-order chi connectivity index (χ0) is 14.0. The number of anilines is 2. The number of hydrogen-bond donors (Lipinski definition) is 2. The summed E-state index contributed by atoms with van der Waals surface area (Å²) in [6.07, 6.45) is 3.52. The van der Waals surface area contributed by atoms with Crippen LogP contribution in [0.15, 0.2) is 0 Å². The number of ether oxygens (including phenoxy) is 1. The number of nitrogens with one attached hydrogen (secondary N) is 1. The Morgan fingerprint density at radius 3 is 2.79 bits per heavy atom. The third-order valence-electron chi connectivity index (χ3n) is 3.77. The molecule has 0 amide bonds. The van der Waals surface area contributed by atoms with Gasteiger partial charge in [-0.1, -0.05) is 6.92 Å². The van der Waals surface area contributed by atoms with Crippen LogP contribution in [0, 0.1) is 16.7 Å². The molecular formula is C13H17N3O2S. The van der Waals surface area contributed by atoms with Crippen molar-refractivity contribution in [1.29, 1.82) is 5.26 Å². The Morgan fingerprint density at radius 1 is 1.63 bits per heavy atom. The minimum atomic E-state index is -0.501. The Bertz CT molecular complexity index is 541. The molecule has 1 heterocycles. The molecule has 3 N–H and O–H groups in total. The molecule has 0 radical (unpaired) electrons. The van der Waals surface area contributed by atoms with Crippen molar-refractivity contribution in [2.45, 2.75) is 26.2 Å². The molecule has 0 atom stereocenters. The van der Waals surface area contributed by atoms with Gasteiger partial charge in [0.05, 0.1) is 12.8 Å². The van der Waals surface area contributed by atoms with Gasteiger partial charge in [0.2, 0.25) is 0 Å². The zero-order valence-electron chi connectivity index (χ0n) is 11.1. The topological polar surface area (TPSA) is 88.1 Å². The highest BCUT2D eigenvalue weighted by atomic mass is 32.1. The average Bonchev–Trinajstić information content (AvgIpc) is 3.14. The van der Waals surface area contributed by atoms with Crippen LogP contribution in [0.1, 0.15) is 41.4 Å². The minimum absolute atomic E-state index is 0.211. The Morgan fingerprint density at radius 2 is 2.32 bits per heavy atom. The maximum absolute atomic E-state index is 11.7. The molecule has 0 bridgehead atoms. The molecule has 1 aliphatic rings. The fraction of sp³-hybridized carbons (Fsp3) is 0.538. The van der Waals surface area contributed by atoms with E-state index < -0.39 is 5.97 Å². The van der Waals surface area contributed by atoms with Crippen LogP contribution < -0.4 is 11.1 Å². The Labute approximate surface area is 116 Å². The Hall–Kier alpha value is -1.74. The highest BCUT2D eigenvalue weighted by molar-refractivity contribution is 7.17. The number of nitriles is 1. The normalized spacial score (nSPS) is 15.6. The van der Waals surface area contributed by atoms with Crippen LogP contribution in [0.5, 0.6) is 0 Å². The van der Waals surface area contributed by atoms with Gasteiger partial charge in [-0.15, -0.1) is 11.3 Å². The number of carbonyl (C=O) groups is 1. The summed E-state index contributed by atoms with van der Waals surface area (Å²) in [7, 11) is 1.31. The smallest absolute Gasteiger partial charge is 0.343 e. The van der Waals surface area contributed by atoms with Crippen molar-refractivity contribution in [3.63, 3.8) is 0 Å². The largest absolute Gasteiger partial charge is 0.465 e. The van der Waals surface area contributed by atoms with E-state index in [1.165, 1.54) is 31.3 Å². The van der Waals surface area contributed by atoms with Crippen molar-refractivity contribution in [3.8, 4) is 6.07 Å². The van der Waals surface area contributed by atoms with Gasteiger partial charge in [-0.25, -0.2) is 4.79 Å². The molecule has 19 heavy (non-hydrogen) atoms. The summed E-state index contributed by atoms with van der Waals surface area (Å²) >= 11 is 1.21. The summed E-state index contributed by atoms with van der Waals surface area (Å²) in [6, 6.07) is 2.01. The molecule has 1 aromatic rings. The second kappa shape index (κ2) is 5.10. The van der Waals surface area contributed by atoms with Gasteiger partial charge in [0.15, 0.2) is 0 Å². The van der Waals surface area contributed by atoms with Gasteiger partial charge in [-0.3, -0.25) is 0 Å². The van der Waals surface area contributed by atoms with Crippen LogP contribution >= 0.6 is 11.3 Å². The van der Waals surface area contributed by atoms with Crippen molar-refractivity contribution in [3.05, 3.63) is 10.4 Å². The first-order valence-electron chi connectivity index (χ1n) is 6.21. The van der Waals surface area contributed by atoms with Crippen molar-refractivity contribution in [2.75, 3.05) is 24.7 Å². The first-order valence-corrected chi connectivity index (χ1v) is 7.03. The summed E-state index contributed by atoms with van der Waals surface area (Å²) in [5.41, 5.74) is 6.67. The van der Waals surface area contributed by atoms with Gasteiger partial charge >= 0.3 is 5.97 Å². The van der Waals surface area contributed by atoms with Crippen LogP contribution in [-0.2, 0) is 4.74 Å². The lowest BCUT2D eigenvalue weighted by Gasteiger charge is -2.14. The summed E-state index contributed by atoms with van der Waals surface area (Å²) in [4.78, 5) is 12.1. The number of rotatable bonds is 5. The molecule has 102 valence electrons. The summed E-state index contributed by atoms with van der Waals surface area (Å²) in [6.45, 7) is 2.97. The molecule has 1 saturated carbocycles. The first kappa shape index (κ1) is 13.7. The molecule has 0 unspecified atom stereocenters. The fourth-order valence-electron chi connectivity index (χ4n) is 2.06.